The molecule has 0 aliphatic rings. The Balaban J connectivity index is 0.00000200. The van der Waals surface area contributed by atoms with Crippen LogP contribution in [-0.2, 0) is 13.1 Å². The summed E-state index contributed by atoms with van der Waals surface area (Å²) in [7, 11) is 0. The van der Waals surface area contributed by atoms with Gasteiger partial charge in [0.15, 0.2) is 11.6 Å². The smallest absolute Gasteiger partial charge is 0.163 e. The molecule has 0 atom stereocenters. The van der Waals surface area contributed by atoms with Gasteiger partial charge in [-0.15, -0.1) is 12.4 Å². The Hall–Kier alpha value is -1.46. The van der Waals surface area contributed by atoms with Gasteiger partial charge in [0, 0.05) is 30.9 Å². The van der Waals surface area contributed by atoms with E-state index >= 15 is 0 Å². The first-order chi connectivity index (χ1) is 9.09. The lowest BCUT2D eigenvalue weighted by Crippen LogP contribution is -2.18. The Morgan fingerprint density at radius 3 is 2.65 bits per heavy atom. The van der Waals surface area contributed by atoms with Gasteiger partial charge in [-0.25, -0.2) is 8.78 Å². The second-order valence-corrected chi connectivity index (χ2v) is 4.68. The monoisotopic (exact) mass is 301 g/mol. The van der Waals surface area contributed by atoms with Gasteiger partial charge in [0.1, 0.15) is 0 Å². The SMILES string of the molecule is CC(C)n1nccc1CNCc1cccc(F)c1F.Cl. The number of benzene rings is 1. The maximum absolute atomic E-state index is 13.4. The number of hydrogen-bond donors (Lipinski definition) is 1. The molecule has 0 spiro atoms. The maximum Gasteiger partial charge on any atom is 0.163 e. The zero-order valence-electron chi connectivity index (χ0n) is 11.4. The van der Waals surface area contributed by atoms with Crippen molar-refractivity contribution in [1.29, 1.82) is 0 Å². The number of aromatic nitrogens is 2. The molecule has 0 radical (unpaired) electrons. The first-order valence-electron chi connectivity index (χ1n) is 6.25. The van der Waals surface area contributed by atoms with E-state index in [4.69, 9.17) is 0 Å². The highest BCUT2D eigenvalue weighted by Crippen LogP contribution is 2.12. The van der Waals surface area contributed by atoms with Crippen LogP contribution in [0.3, 0.4) is 0 Å². The van der Waals surface area contributed by atoms with Crippen LogP contribution in [0, 0.1) is 11.6 Å². The van der Waals surface area contributed by atoms with Gasteiger partial charge in [0.25, 0.3) is 0 Å². The van der Waals surface area contributed by atoms with E-state index in [2.05, 4.69) is 10.4 Å². The van der Waals surface area contributed by atoms with Crippen molar-refractivity contribution in [3.63, 3.8) is 0 Å². The molecule has 0 unspecified atom stereocenters. The van der Waals surface area contributed by atoms with E-state index in [0.717, 1.165) is 11.8 Å². The molecule has 0 amide bonds. The Kier molecular flexibility index (Phi) is 6.10. The van der Waals surface area contributed by atoms with E-state index < -0.39 is 11.6 Å². The third kappa shape index (κ3) is 3.77. The lowest BCUT2D eigenvalue weighted by Gasteiger charge is -2.12. The van der Waals surface area contributed by atoms with Crippen LogP contribution in [0.15, 0.2) is 30.5 Å². The zero-order chi connectivity index (χ0) is 13.8. The van der Waals surface area contributed by atoms with Crippen LogP contribution in [0.4, 0.5) is 8.78 Å². The van der Waals surface area contributed by atoms with Gasteiger partial charge in [-0.1, -0.05) is 12.1 Å². The number of nitrogens with one attached hydrogen (secondary N) is 1. The molecule has 1 aromatic carbocycles. The number of halogens is 3. The quantitative estimate of drug-likeness (QED) is 0.916. The summed E-state index contributed by atoms with van der Waals surface area (Å²) < 4.78 is 28.4. The van der Waals surface area contributed by atoms with Crippen molar-refractivity contribution < 1.29 is 8.78 Å². The van der Waals surface area contributed by atoms with Crippen LogP contribution in [0.5, 0.6) is 0 Å². The first-order valence-corrected chi connectivity index (χ1v) is 6.25. The van der Waals surface area contributed by atoms with Gasteiger partial charge in [0.05, 0.1) is 5.69 Å². The van der Waals surface area contributed by atoms with Crippen LogP contribution in [-0.4, -0.2) is 9.78 Å². The summed E-state index contributed by atoms with van der Waals surface area (Å²) in [5.74, 6) is -1.60. The molecule has 0 fully saturated rings. The molecule has 0 aliphatic carbocycles. The van der Waals surface area contributed by atoms with E-state index in [-0.39, 0.29) is 25.0 Å². The second kappa shape index (κ2) is 7.36. The van der Waals surface area contributed by atoms with Crippen molar-refractivity contribution in [2.45, 2.75) is 33.0 Å². The highest BCUT2D eigenvalue weighted by Gasteiger charge is 2.08. The van der Waals surface area contributed by atoms with Gasteiger partial charge >= 0.3 is 0 Å². The third-order valence-electron chi connectivity index (χ3n) is 2.89. The van der Waals surface area contributed by atoms with Gasteiger partial charge in [-0.3, -0.25) is 4.68 Å². The summed E-state index contributed by atoms with van der Waals surface area (Å²) in [4.78, 5) is 0. The van der Waals surface area contributed by atoms with Crippen molar-refractivity contribution in [3.05, 3.63) is 53.4 Å². The molecule has 20 heavy (non-hydrogen) atoms. The lowest BCUT2D eigenvalue weighted by molar-refractivity contribution is 0.481. The van der Waals surface area contributed by atoms with Crippen molar-refractivity contribution >= 4 is 12.4 Å². The van der Waals surface area contributed by atoms with E-state index in [9.17, 15) is 8.78 Å². The summed E-state index contributed by atoms with van der Waals surface area (Å²) in [5, 5.41) is 7.32. The summed E-state index contributed by atoms with van der Waals surface area (Å²) in [5.41, 5.74) is 1.35. The standard InChI is InChI=1S/C14H17F2N3.ClH/c1-10(2)19-12(6-7-18-19)9-17-8-11-4-3-5-13(15)14(11)16;/h3-7,10,17H,8-9H2,1-2H3;1H. The zero-order valence-corrected chi connectivity index (χ0v) is 12.3. The summed E-state index contributed by atoms with van der Waals surface area (Å²) in [6.45, 7) is 4.94. The molecule has 3 nitrogen and oxygen atoms in total. The summed E-state index contributed by atoms with van der Waals surface area (Å²) in [6, 6.07) is 6.39. The fraction of sp³-hybridized carbons (Fsp3) is 0.357. The van der Waals surface area contributed by atoms with Crippen molar-refractivity contribution in [2.75, 3.05) is 0 Å². The number of hydrogen-bond acceptors (Lipinski definition) is 2. The second-order valence-electron chi connectivity index (χ2n) is 4.68. The molecule has 110 valence electrons. The molecule has 1 heterocycles. The fourth-order valence-corrected chi connectivity index (χ4v) is 1.96. The first kappa shape index (κ1) is 16.6. The lowest BCUT2D eigenvalue weighted by atomic mass is 10.2. The molecule has 2 aromatic rings. The Labute approximate surface area is 123 Å². The molecular weight excluding hydrogens is 284 g/mol. The van der Waals surface area contributed by atoms with E-state index in [1.54, 1.807) is 12.3 Å². The Bertz CT molecular complexity index is 555. The summed E-state index contributed by atoms with van der Waals surface area (Å²) in [6.07, 6.45) is 1.74. The molecule has 0 saturated heterocycles. The predicted molar refractivity (Wildman–Crippen MR) is 76.8 cm³/mol. The number of rotatable bonds is 5. The predicted octanol–water partition coefficient (Wildman–Crippen LogP) is 3.45. The van der Waals surface area contributed by atoms with Crippen LogP contribution in [0.2, 0.25) is 0 Å². The molecule has 1 N–H and O–H groups in total. The van der Waals surface area contributed by atoms with Gasteiger partial charge in [-0.2, -0.15) is 5.10 Å². The minimum atomic E-state index is -0.813. The van der Waals surface area contributed by atoms with Crippen LogP contribution in [0.1, 0.15) is 31.1 Å². The van der Waals surface area contributed by atoms with Crippen molar-refractivity contribution in [3.8, 4) is 0 Å². The van der Waals surface area contributed by atoms with Crippen molar-refractivity contribution in [1.82, 2.24) is 15.1 Å². The van der Waals surface area contributed by atoms with Crippen LogP contribution < -0.4 is 5.32 Å². The molecule has 2 rings (SSSR count). The average molecular weight is 302 g/mol. The number of nitrogens with zero attached hydrogens (tertiary/aromatic N) is 2. The maximum atomic E-state index is 13.4. The summed E-state index contributed by atoms with van der Waals surface area (Å²) >= 11 is 0. The fourth-order valence-electron chi connectivity index (χ4n) is 1.96. The molecule has 6 heteroatoms. The molecule has 0 aliphatic heterocycles. The Morgan fingerprint density at radius 2 is 1.95 bits per heavy atom. The minimum Gasteiger partial charge on any atom is -0.307 e. The van der Waals surface area contributed by atoms with Gasteiger partial charge < -0.3 is 5.32 Å². The van der Waals surface area contributed by atoms with E-state index in [0.29, 0.717) is 12.1 Å². The third-order valence-corrected chi connectivity index (χ3v) is 2.89. The molecule has 1 aromatic heterocycles. The van der Waals surface area contributed by atoms with Crippen molar-refractivity contribution in [2.24, 2.45) is 0 Å². The highest BCUT2D eigenvalue weighted by atomic mass is 35.5. The van der Waals surface area contributed by atoms with E-state index in [1.165, 1.54) is 6.07 Å². The van der Waals surface area contributed by atoms with Gasteiger partial charge in [0.2, 0.25) is 0 Å². The topological polar surface area (TPSA) is 29.9 Å². The highest BCUT2D eigenvalue weighted by molar-refractivity contribution is 5.85. The van der Waals surface area contributed by atoms with Crippen LogP contribution in [0.25, 0.3) is 0 Å². The molecular formula is C14H18ClF2N3. The largest absolute Gasteiger partial charge is 0.307 e. The average Bonchev–Trinajstić information content (AvgIpc) is 2.83. The van der Waals surface area contributed by atoms with Gasteiger partial charge in [-0.05, 0) is 26.0 Å². The molecule has 0 bridgehead atoms. The Morgan fingerprint density at radius 1 is 1.20 bits per heavy atom. The molecule has 0 saturated carbocycles. The van der Waals surface area contributed by atoms with E-state index in [1.807, 2.05) is 24.6 Å². The minimum absolute atomic E-state index is 0. The normalized spacial score (nSPS) is 10.7. The van der Waals surface area contributed by atoms with Crippen LogP contribution >= 0.6 is 12.4 Å².